The van der Waals surface area contributed by atoms with Crippen LogP contribution in [-0.2, 0) is 29.7 Å². The number of likely N-dealkylation sites (tertiary alicyclic amines) is 1. The molecule has 140 valence electrons. The van der Waals surface area contributed by atoms with Crippen LogP contribution in [0.25, 0.3) is 10.9 Å². The second kappa shape index (κ2) is 6.90. The number of rotatable bonds is 5. The molecule has 1 atom stereocenters. The van der Waals surface area contributed by atoms with E-state index in [9.17, 15) is 9.59 Å². The molecular formula is C20H23N5O2. The lowest BCUT2D eigenvalue weighted by atomic mass is 10.1. The number of aromatic amines is 1. The molecule has 7 nitrogen and oxygen atoms in total. The summed E-state index contributed by atoms with van der Waals surface area (Å²) in [5.41, 5.74) is 3.92. The number of nitrogens with zero attached hydrogens (tertiary/aromatic N) is 3. The number of para-hydroxylation sites is 1. The van der Waals surface area contributed by atoms with Gasteiger partial charge >= 0.3 is 0 Å². The van der Waals surface area contributed by atoms with E-state index in [1.807, 2.05) is 50.5 Å². The first-order chi connectivity index (χ1) is 13.0. The zero-order valence-corrected chi connectivity index (χ0v) is 15.5. The molecule has 0 spiro atoms. The van der Waals surface area contributed by atoms with E-state index in [0.29, 0.717) is 25.9 Å². The molecule has 1 aliphatic heterocycles. The van der Waals surface area contributed by atoms with Crippen LogP contribution >= 0.6 is 0 Å². The van der Waals surface area contributed by atoms with Gasteiger partial charge in [0.2, 0.25) is 11.8 Å². The van der Waals surface area contributed by atoms with E-state index in [1.54, 1.807) is 9.58 Å². The summed E-state index contributed by atoms with van der Waals surface area (Å²) in [5, 5.41) is 8.34. The molecule has 1 aromatic carbocycles. The van der Waals surface area contributed by atoms with Crippen molar-refractivity contribution in [3.05, 3.63) is 53.5 Å². The molecule has 2 amide bonds. The van der Waals surface area contributed by atoms with Gasteiger partial charge in [-0.15, -0.1) is 0 Å². The Morgan fingerprint density at radius 2 is 2.19 bits per heavy atom. The smallest absolute Gasteiger partial charge is 0.243 e. The Hall–Kier alpha value is -3.09. The van der Waals surface area contributed by atoms with Gasteiger partial charge < -0.3 is 15.2 Å². The summed E-state index contributed by atoms with van der Waals surface area (Å²) in [5.74, 6) is -0.0867. The first kappa shape index (κ1) is 17.3. The van der Waals surface area contributed by atoms with Crippen LogP contribution in [0.1, 0.15) is 29.8 Å². The van der Waals surface area contributed by atoms with Crippen LogP contribution in [0.4, 0.5) is 0 Å². The fourth-order valence-electron chi connectivity index (χ4n) is 3.78. The Labute approximate surface area is 157 Å². The van der Waals surface area contributed by atoms with E-state index >= 15 is 0 Å². The van der Waals surface area contributed by atoms with Crippen LogP contribution in [0.2, 0.25) is 0 Å². The van der Waals surface area contributed by atoms with Gasteiger partial charge in [0.1, 0.15) is 6.04 Å². The van der Waals surface area contributed by atoms with Crippen LogP contribution in [0.5, 0.6) is 0 Å². The van der Waals surface area contributed by atoms with E-state index in [2.05, 4.69) is 15.4 Å². The molecule has 3 heterocycles. The third-order valence-electron chi connectivity index (χ3n) is 5.19. The monoisotopic (exact) mass is 365 g/mol. The van der Waals surface area contributed by atoms with Gasteiger partial charge in [0.05, 0.1) is 17.9 Å². The van der Waals surface area contributed by atoms with Gasteiger partial charge in [-0.25, -0.2) is 0 Å². The number of nitrogens with one attached hydrogen (secondary N) is 2. The summed E-state index contributed by atoms with van der Waals surface area (Å²) in [6.07, 6.45) is 2.88. The highest BCUT2D eigenvalue weighted by Gasteiger charge is 2.36. The van der Waals surface area contributed by atoms with E-state index in [4.69, 9.17) is 0 Å². The summed E-state index contributed by atoms with van der Waals surface area (Å²) in [6.45, 7) is 2.76. The van der Waals surface area contributed by atoms with Crippen molar-refractivity contribution in [2.75, 3.05) is 0 Å². The molecule has 0 radical (unpaired) electrons. The fraction of sp³-hybridized carbons (Fsp3) is 0.350. The topological polar surface area (TPSA) is 83.0 Å². The van der Waals surface area contributed by atoms with Crippen LogP contribution in [0, 0.1) is 6.92 Å². The van der Waals surface area contributed by atoms with E-state index < -0.39 is 6.04 Å². The minimum atomic E-state index is -0.430. The highest BCUT2D eigenvalue weighted by Crippen LogP contribution is 2.25. The van der Waals surface area contributed by atoms with Gasteiger partial charge in [-0.3, -0.25) is 14.3 Å². The highest BCUT2D eigenvalue weighted by molar-refractivity contribution is 5.91. The summed E-state index contributed by atoms with van der Waals surface area (Å²) < 4.78 is 1.76. The van der Waals surface area contributed by atoms with Gasteiger partial charge in [-0.2, -0.15) is 5.10 Å². The average Bonchev–Trinajstić information content (AvgIpc) is 3.32. The SMILES string of the molecule is Cc1cc(CNC(=O)C2CCC(=O)N2Cc2c[nH]c3ccccc23)n(C)n1. The maximum absolute atomic E-state index is 12.7. The largest absolute Gasteiger partial charge is 0.361 e. The molecule has 27 heavy (non-hydrogen) atoms. The molecule has 0 saturated carbocycles. The third-order valence-corrected chi connectivity index (χ3v) is 5.19. The van der Waals surface area contributed by atoms with Crippen LogP contribution in [0.15, 0.2) is 36.5 Å². The van der Waals surface area contributed by atoms with Gasteiger partial charge in [-0.1, -0.05) is 18.2 Å². The van der Waals surface area contributed by atoms with Crippen molar-refractivity contribution in [3.63, 3.8) is 0 Å². The van der Waals surface area contributed by atoms with Gasteiger partial charge in [0.25, 0.3) is 0 Å². The molecule has 0 aliphatic carbocycles. The minimum absolute atomic E-state index is 0.0248. The second-order valence-electron chi connectivity index (χ2n) is 7.05. The Morgan fingerprint density at radius 3 is 2.96 bits per heavy atom. The summed E-state index contributed by atoms with van der Waals surface area (Å²) >= 11 is 0. The number of carbonyl (C=O) groups is 2. The number of hydrogen-bond donors (Lipinski definition) is 2. The number of aryl methyl sites for hydroxylation is 2. The van der Waals surface area contributed by atoms with E-state index in [1.165, 1.54) is 0 Å². The van der Waals surface area contributed by atoms with Crippen molar-refractivity contribution in [1.29, 1.82) is 0 Å². The zero-order valence-electron chi connectivity index (χ0n) is 15.5. The standard InChI is InChI=1S/C20H23N5O2/c1-13-9-15(24(2)23-13)11-22-20(27)18-7-8-19(26)25(18)12-14-10-21-17-6-4-3-5-16(14)17/h3-6,9-10,18,21H,7-8,11-12H2,1-2H3,(H,22,27). The number of fused-ring (bicyclic) bond motifs is 1. The molecule has 1 aliphatic rings. The normalized spacial score (nSPS) is 17.0. The summed E-state index contributed by atoms with van der Waals surface area (Å²) in [4.78, 5) is 30.1. The predicted molar refractivity (Wildman–Crippen MR) is 102 cm³/mol. The maximum Gasteiger partial charge on any atom is 0.243 e. The first-order valence-corrected chi connectivity index (χ1v) is 9.14. The van der Waals surface area contributed by atoms with Crippen LogP contribution < -0.4 is 5.32 Å². The van der Waals surface area contributed by atoms with Crippen molar-refractivity contribution < 1.29 is 9.59 Å². The Bertz CT molecular complexity index is 1000. The summed E-state index contributed by atoms with van der Waals surface area (Å²) in [6, 6.07) is 9.50. The van der Waals surface area contributed by atoms with Crippen molar-refractivity contribution in [3.8, 4) is 0 Å². The third kappa shape index (κ3) is 3.32. The quantitative estimate of drug-likeness (QED) is 0.726. The number of aromatic nitrogens is 3. The van der Waals surface area contributed by atoms with Crippen molar-refractivity contribution in [1.82, 2.24) is 25.0 Å². The van der Waals surface area contributed by atoms with Gasteiger partial charge in [0, 0.05) is 37.1 Å². The number of hydrogen-bond acceptors (Lipinski definition) is 3. The fourth-order valence-corrected chi connectivity index (χ4v) is 3.78. The van der Waals surface area contributed by atoms with Crippen LogP contribution in [0.3, 0.4) is 0 Å². The van der Waals surface area contributed by atoms with Crippen molar-refractivity contribution in [2.24, 2.45) is 7.05 Å². The lowest BCUT2D eigenvalue weighted by molar-refractivity contribution is -0.135. The van der Waals surface area contributed by atoms with E-state index in [0.717, 1.165) is 27.9 Å². The molecule has 1 fully saturated rings. The molecule has 1 saturated heterocycles. The Balaban J connectivity index is 1.47. The molecule has 1 unspecified atom stereocenters. The van der Waals surface area contributed by atoms with Crippen molar-refractivity contribution in [2.45, 2.75) is 38.9 Å². The van der Waals surface area contributed by atoms with Gasteiger partial charge in [0.15, 0.2) is 0 Å². The average molecular weight is 365 g/mol. The maximum atomic E-state index is 12.7. The zero-order chi connectivity index (χ0) is 19.0. The lowest BCUT2D eigenvalue weighted by Crippen LogP contribution is -2.44. The predicted octanol–water partition coefficient (Wildman–Crippen LogP) is 2.02. The molecule has 7 heteroatoms. The van der Waals surface area contributed by atoms with Gasteiger partial charge in [-0.05, 0) is 31.0 Å². The highest BCUT2D eigenvalue weighted by atomic mass is 16.2. The molecule has 4 rings (SSSR count). The molecular weight excluding hydrogens is 342 g/mol. The second-order valence-corrected chi connectivity index (χ2v) is 7.05. The number of benzene rings is 1. The molecule has 2 aromatic heterocycles. The summed E-state index contributed by atoms with van der Waals surface area (Å²) in [7, 11) is 1.86. The Kier molecular flexibility index (Phi) is 4.43. The number of amides is 2. The number of H-pyrrole nitrogens is 1. The minimum Gasteiger partial charge on any atom is -0.361 e. The van der Waals surface area contributed by atoms with Crippen molar-refractivity contribution >= 4 is 22.7 Å². The molecule has 3 aromatic rings. The first-order valence-electron chi connectivity index (χ1n) is 9.14. The molecule has 2 N–H and O–H groups in total. The molecule has 0 bridgehead atoms. The van der Waals surface area contributed by atoms with Crippen LogP contribution in [-0.4, -0.2) is 37.5 Å². The Morgan fingerprint density at radius 1 is 1.37 bits per heavy atom. The lowest BCUT2D eigenvalue weighted by Gasteiger charge is -2.24. The van der Waals surface area contributed by atoms with E-state index in [-0.39, 0.29) is 11.8 Å². The number of carbonyl (C=O) groups excluding carboxylic acids is 2.